The fourth-order valence-electron chi connectivity index (χ4n) is 3.46. The summed E-state index contributed by atoms with van der Waals surface area (Å²) in [5.41, 5.74) is 3.77. The van der Waals surface area contributed by atoms with Crippen LogP contribution >= 0.6 is 0 Å². The Morgan fingerprint density at radius 2 is 2.14 bits per heavy atom. The van der Waals surface area contributed by atoms with Gasteiger partial charge in [0.15, 0.2) is 0 Å². The Kier molecular flexibility index (Phi) is 3.55. The van der Waals surface area contributed by atoms with Crippen molar-refractivity contribution in [3.05, 3.63) is 35.5 Å². The Bertz CT molecular complexity index is 741. The van der Waals surface area contributed by atoms with Crippen molar-refractivity contribution in [2.24, 2.45) is 5.41 Å². The maximum atomic E-state index is 11.5. The number of carboxylic acid groups (broad SMARTS) is 1. The van der Waals surface area contributed by atoms with Crippen LogP contribution in [0.2, 0.25) is 0 Å². The first-order valence-electron chi connectivity index (χ1n) is 7.83. The minimum Gasteiger partial charge on any atom is -0.481 e. The van der Waals surface area contributed by atoms with Crippen LogP contribution in [0.4, 0.5) is 5.69 Å². The van der Waals surface area contributed by atoms with Gasteiger partial charge in [-0.25, -0.2) is 0 Å². The average molecular weight is 298 g/mol. The number of hydrogen-bond acceptors (Lipinski definition) is 3. The molecule has 1 aromatic heterocycles. The van der Waals surface area contributed by atoms with Crippen molar-refractivity contribution >= 4 is 22.6 Å². The lowest BCUT2D eigenvalue weighted by Gasteiger charge is -2.26. The first kappa shape index (κ1) is 14.8. The second-order valence-electron chi connectivity index (χ2n) is 6.43. The summed E-state index contributed by atoms with van der Waals surface area (Å²) >= 11 is 0. The van der Waals surface area contributed by atoms with Crippen LogP contribution in [0.5, 0.6) is 0 Å². The highest BCUT2D eigenvalue weighted by Crippen LogP contribution is 2.39. The lowest BCUT2D eigenvalue weighted by molar-refractivity contribution is -0.146. The first-order chi connectivity index (χ1) is 10.5. The number of aliphatic carboxylic acids is 1. The highest BCUT2D eigenvalue weighted by Gasteiger charge is 2.41. The van der Waals surface area contributed by atoms with Gasteiger partial charge in [0.25, 0.3) is 0 Å². The van der Waals surface area contributed by atoms with E-state index in [1.165, 1.54) is 11.3 Å². The smallest absolute Gasteiger partial charge is 0.311 e. The summed E-state index contributed by atoms with van der Waals surface area (Å²) in [7, 11) is 0. The molecule has 0 aliphatic carbocycles. The van der Waals surface area contributed by atoms with E-state index < -0.39 is 11.4 Å². The van der Waals surface area contributed by atoms with Gasteiger partial charge in [-0.15, -0.1) is 0 Å². The number of hydrogen-bond donors (Lipinski definition) is 1. The molecule has 2 heterocycles. The molecule has 1 aromatic carbocycles. The summed E-state index contributed by atoms with van der Waals surface area (Å²) < 4.78 is 0. The molecule has 0 saturated carbocycles. The van der Waals surface area contributed by atoms with Gasteiger partial charge < -0.3 is 10.0 Å². The van der Waals surface area contributed by atoms with E-state index in [9.17, 15) is 9.90 Å². The molecule has 0 bridgehead atoms. The number of benzene rings is 1. The summed E-state index contributed by atoms with van der Waals surface area (Å²) in [6, 6.07) is 8.13. The number of aryl methyl sites for hydroxylation is 1. The van der Waals surface area contributed by atoms with Crippen LogP contribution in [-0.4, -0.2) is 29.1 Å². The van der Waals surface area contributed by atoms with Crippen molar-refractivity contribution in [3.63, 3.8) is 0 Å². The molecule has 1 aliphatic heterocycles. The van der Waals surface area contributed by atoms with Crippen LogP contribution in [0.3, 0.4) is 0 Å². The standard InChI is InChI=1S/C18H22N2O2/c1-4-13-12(2)19-15-8-6-5-7-14(15)16(13)20-10-9-18(3,11-20)17(21)22/h5-8H,4,9-11H2,1-3H3,(H,21,22). The molecule has 3 rings (SSSR count). The van der Waals surface area contributed by atoms with Crippen molar-refractivity contribution < 1.29 is 9.90 Å². The van der Waals surface area contributed by atoms with Crippen molar-refractivity contribution in [3.8, 4) is 0 Å². The van der Waals surface area contributed by atoms with Gasteiger partial charge >= 0.3 is 5.97 Å². The lowest BCUT2D eigenvalue weighted by atomic mass is 9.90. The average Bonchev–Trinajstić information content (AvgIpc) is 2.89. The third-order valence-electron chi connectivity index (χ3n) is 4.83. The van der Waals surface area contributed by atoms with Crippen molar-refractivity contribution in [1.29, 1.82) is 0 Å². The van der Waals surface area contributed by atoms with E-state index in [0.29, 0.717) is 13.0 Å². The van der Waals surface area contributed by atoms with Crippen molar-refractivity contribution in [1.82, 2.24) is 4.98 Å². The zero-order valence-electron chi connectivity index (χ0n) is 13.4. The van der Waals surface area contributed by atoms with Crippen LogP contribution in [0.1, 0.15) is 31.5 Å². The fourth-order valence-corrected chi connectivity index (χ4v) is 3.46. The molecular formula is C18H22N2O2. The van der Waals surface area contributed by atoms with E-state index >= 15 is 0 Å². The second kappa shape index (κ2) is 5.27. The number of fused-ring (bicyclic) bond motifs is 1. The molecule has 0 amide bonds. The number of pyridine rings is 1. The molecule has 0 radical (unpaired) electrons. The topological polar surface area (TPSA) is 53.4 Å². The number of aromatic nitrogens is 1. The Hall–Kier alpha value is -2.10. The summed E-state index contributed by atoms with van der Waals surface area (Å²) in [4.78, 5) is 18.5. The molecule has 1 N–H and O–H groups in total. The second-order valence-corrected chi connectivity index (χ2v) is 6.43. The van der Waals surface area contributed by atoms with Crippen LogP contribution < -0.4 is 4.90 Å². The zero-order chi connectivity index (χ0) is 15.9. The Balaban J connectivity index is 2.16. The van der Waals surface area contributed by atoms with E-state index in [-0.39, 0.29) is 0 Å². The van der Waals surface area contributed by atoms with Gasteiger partial charge in [-0.3, -0.25) is 9.78 Å². The van der Waals surface area contributed by atoms with Gasteiger partial charge in [0.2, 0.25) is 0 Å². The minimum absolute atomic E-state index is 0.558. The molecule has 4 heteroatoms. The largest absolute Gasteiger partial charge is 0.481 e. The maximum Gasteiger partial charge on any atom is 0.311 e. The van der Waals surface area contributed by atoms with Crippen molar-refractivity contribution in [2.75, 3.05) is 18.0 Å². The predicted molar refractivity (Wildman–Crippen MR) is 88.4 cm³/mol. The number of nitrogens with zero attached hydrogens (tertiary/aromatic N) is 2. The van der Waals surface area contributed by atoms with E-state index in [1.807, 2.05) is 32.0 Å². The monoisotopic (exact) mass is 298 g/mol. The van der Waals surface area contributed by atoms with Gasteiger partial charge in [-0.1, -0.05) is 25.1 Å². The minimum atomic E-state index is -0.705. The van der Waals surface area contributed by atoms with Gasteiger partial charge in [-0.05, 0) is 38.3 Å². The maximum absolute atomic E-state index is 11.5. The number of para-hydroxylation sites is 1. The molecule has 116 valence electrons. The number of carbonyl (C=O) groups is 1. The summed E-state index contributed by atoms with van der Waals surface area (Å²) in [5, 5.41) is 10.6. The molecule has 22 heavy (non-hydrogen) atoms. The number of rotatable bonds is 3. The van der Waals surface area contributed by atoms with E-state index in [4.69, 9.17) is 4.98 Å². The summed E-state index contributed by atoms with van der Waals surface area (Å²) in [5.74, 6) is -0.705. The van der Waals surface area contributed by atoms with Crippen LogP contribution in [0.25, 0.3) is 10.9 Å². The summed E-state index contributed by atoms with van der Waals surface area (Å²) in [6.07, 6.45) is 1.58. The van der Waals surface area contributed by atoms with Gasteiger partial charge in [0.1, 0.15) is 0 Å². The lowest BCUT2D eigenvalue weighted by Crippen LogP contribution is -2.32. The quantitative estimate of drug-likeness (QED) is 0.943. The predicted octanol–water partition coefficient (Wildman–Crippen LogP) is 3.41. The molecule has 4 nitrogen and oxygen atoms in total. The number of carboxylic acids is 1. The van der Waals surface area contributed by atoms with Crippen LogP contribution in [0.15, 0.2) is 24.3 Å². The summed E-state index contributed by atoms with van der Waals surface area (Å²) in [6.45, 7) is 7.36. The molecule has 2 aromatic rings. The van der Waals surface area contributed by atoms with Crippen LogP contribution in [-0.2, 0) is 11.2 Å². The van der Waals surface area contributed by atoms with Crippen molar-refractivity contribution in [2.45, 2.75) is 33.6 Å². The van der Waals surface area contributed by atoms with Gasteiger partial charge in [0, 0.05) is 24.2 Å². The normalized spacial score (nSPS) is 21.5. The van der Waals surface area contributed by atoms with E-state index in [2.05, 4.69) is 17.9 Å². The van der Waals surface area contributed by atoms with E-state index in [1.54, 1.807) is 0 Å². The van der Waals surface area contributed by atoms with Crippen LogP contribution in [0, 0.1) is 12.3 Å². The molecule has 1 unspecified atom stereocenters. The van der Waals surface area contributed by atoms with Gasteiger partial charge in [-0.2, -0.15) is 0 Å². The third kappa shape index (κ3) is 2.23. The Labute approximate surface area is 130 Å². The fraction of sp³-hybridized carbons (Fsp3) is 0.444. The zero-order valence-corrected chi connectivity index (χ0v) is 13.4. The molecule has 1 atom stereocenters. The molecule has 0 spiro atoms. The molecule has 1 fully saturated rings. The van der Waals surface area contributed by atoms with Gasteiger partial charge in [0.05, 0.1) is 16.6 Å². The molecular weight excluding hydrogens is 276 g/mol. The SMILES string of the molecule is CCc1c(C)nc2ccccc2c1N1CCC(C)(C(=O)O)C1. The highest BCUT2D eigenvalue weighted by molar-refractivity contribution is 5.94. The Morgan fingerprint density at radius 3 is 2.77 bits per heavy atom. The number of anilines is 1. The Morgan fingerprint density at radius 1 is 1.41 bits per heavy atom. The highest BCUT2D eigenvalue weighted by atomic mass is 16.4. The van der Waals surface area contributed by atoms with E-state index in [0.717, 1.165) is 29.6 Å². The third-order valence-corrected chi connectivity index (χ3v) is 4.83. The molecule has 1 aliphatic rings. The molecule has 1 saturated heterocycles. The first-order valence-corrected chi connectivity index (χ1v) is 7.83.